The Morgan fingerprint density at radius 3 is 2.48 bits per heavy atom. The number of piperidine rings is 1. The largest absolute Gasteiger partial charge is 0.489 e. The van der Waals surface area contributed by atoms with E-state index >= 15 is 0 Å². The third-order valence-electron chi connectivity index (χ3n) is 5.46. The van der Waals surface area contributed by atoms with Crippen molar-refractivity contribution in [3.63, 3.8) is 0 Å². The van der Waals surface area contributed by atoms with Crippen molar-refractivity contribution in [3.8, 4) is 5.75 Å². The molecule has 1 aliphatic heterocycles. The number of ether oxygens (including phenoxy) is 1. The maximum absolute atomic E-state index is 13.1. The lowest BCUT2D eigenvalue weighted by Crippen LogP contribution is -2.29. The van der Waals surface area contributed by atoms with Gasteiger partial charge in [-0.05, 0) is 73.4 Å². The molecule has 31 heavy (non-hydrogen) atoms. The van der Waals surface area contributed by atoms with Crippen LogP contribution in [-0.2, 0) is 13.2 Å². The molecular formula is C25H25BrClFN2O. The van der Waals surface area contributed by atoms with Crippen molar-refractivity contribution in [1.82, 2.24) is 0 Å². The second kappa shape index (κ2) is 10.4. The summed E-state index contributed by atoms with van der Waals surface area (Å²) in [4.78, 5) is 2.37. The zero-order valence-corrected chi connectivity index (χ0v) is 19.6. The summed E-state index contributed by atoms with van der Waals surface area (Å²) in [5.74, 6) is 0.540. The SMILES string of the molecule is Fc1ccc(COc2ccc(Br)cc2CNc2ccc(N3CCCCC3)c(Cl)c2)cc1. The van der Waals surface area contributed by atoms with Crippen LogP contribution in [0.5, 0.6) is 5.75 Å². The highest BCUT2D eigenvalue weighted by Gasteiger charge is 2.14. The maximum Gasteiger partial charge on any atom is 0.124 e. The Kier molecular flexibility index (Phi) is 7.36. The van der Waals surface area contributed by atoms with Crippen LogP contribution in [0.2, 0.25) is 5.02 Å². The lowest BCUT2D eigenvalue weighted by molar-refractivity contribution is 0.303. The third-order valence-corrected chi connectivity index (χ3v) is 6.25. The second-order valence-electron chi connectivity index (χ2n) is 7.73. The van der Waals surface area contributed by atoms with Gasteiger partial charge in [0.1, 0.15) is 18.2 Å². The number of nitrogens with one attached hydrogen (secondary N) is 1. The minimum atomic E-state index is -0.248. The molecule has 0 saturated carbocycles. The molecule has 0 radical (unpaired) electrons. The summed E-state index contributed by atoms with van der Waals surface area (Å²) >= 11 is 10.1. The van der Waals surface area contributed by atoms with Crippen molar-refractivity contribution in [1.29, 1.82) is 0 Å². The highest BCUT2D eigenvalue weighted by molar-refractivity contribution is 9.10. The Labute approximate surface area is 196 Å². The molecule has 1 fully saturated rings. The predicted molar refractivity (Wildman–Crippen MR) is 130 cm³/mol. The fraction of sp³-hybridized carbons (Fsp3) is 0.280. The van der Waals surface area contributed by atoms with Crippen LogP contribution in [0.15, 0.2) is 65.1 Å². The van der Waals surface area contributed by atoms with Gasteiger partial charge in [-0.2, -0.15) is 0 Å². The Morgan fingerprint density at radius 2 is 1.74 bits per heavy atom. The lowest BCUT2D eigenvalue weighted by Gasteiger charge is -2.29. The molecule has 0 amide bonds. The number of anilines is 2. The lowest BCUT2D eigenvalue weighted by atomic mass is 10.1. The monoisotopic (exact) mass is 502 g/mol. The van der Waals surface area contributed by atoms with Crippen LogP contribution in [0.4, 0.5) is 15.8 Å². The van der Waals surface area contributed by atoms with Gasteiger partial charge in [0.2, 0.25) is 0 Å². The van der Waals surface area contributed by atoms with Crippen LogP contribution < -0.4 is 15.0 Å². The van der Waals surface area contributed by atoms with Crippen LogP contribution in [0.25, 0.3) is 0 Å². The fourth-order valence-corrected chi connectivity index (χ4v) is 4.48. The highest BCUT2D eigenvalue weighted by atomic mass is 79.9. The summed E-state index contributed by atoms with van der Waals surface area (Å²) in [6.07, 6.45) is 3.74. The molecule has 162 valence electrons. The van der Waals surface area contributed by atoms with Gasteiger partial charge in [-0.3, -0.25) is 0 Å². The van der Waals surface area contributed by atoms with Crippen LogP contribution >= 0.6 is 27.5 Å². The van der Waals surface area contributed by atoms with Gasteiger partial charge >= 0.3 is 0 Å². The third kappa shape index (κ3) is 5.92. The molecule has 4 rings (SSSR count). The van der Waals surface area contributed by atoms with Gasteiger partial charge in [0, 0.05) is 35.4 Å². The Morgan fingerprint density at radius 1 is 0.968 bits per heavy atom. The first-order valence-electron chi connectivity index (χ1n) is 10.5. The molecule has 1 N–H and O–H groups in total. The number of hydrogen-bond donors (Lipinski definition) is 1. The van der Waals surface area contributed by atoms with Gasteiger partial charge in [0.05, 0.1) is 10.7 Å². The molecule has 0 aromatic heterocycles. The second-order valence-corrected chi connectivity index (χ2v) is 9.06. The number of halogens is 3. The summed E-state index contributed by atoms with van der Waals surface area (Å²) in [5.41, 5.74) is 4.02. The molecule has 6 heteroatoms. The molecule has 1 aliphatic rings. The molecule has 0 aliphatic carbocycles. The van der Waals surface area contributed by atoms with Crippen molar-refractivity contribution in [2.24, 2.45) is 0 Å². The van der Waals surface area contributed by atoms with E-state index in [0.29, 0.717) is 13.2 Å². The van der Waals surface area contributed by atoms with Crippen molar-refractivity contribution in [3.05, 3.63) is 87.1 Å². The van der Waals surface area contributed by atoms with Gasteiger partial charge in [-0.15, -0.1) is 0 Å². The highest BCUT2D eigenvalue weighted by Crippen LogP contribution is 2.32. The Bertz CT molecular complexity index is 1020. The molecule has 0 bridgehead atoms. The summed E-state index contributed by atoms with van der Waals surface area (Å²) in [6, 6.07) is 18.5. The number of rotatable bonds is 7. The molecule has 1 heterocycles. The quantitative estimate of drug-likeness (QED) is 0.363. The van der Waals surface area contributed by atoms with Gasteiger partial charge in [0.15, 0.2) is 0 Å². The van der Waals surface area contributed by atoms with E-state index in [2.05, 4.69) is 38.3 Å². The van der Waals surface area contributed by atoms with Crippen LogP contribution in [-0.4, -0.2) is 13.1 Å². The van der Waals surface area contributed by atoms with Gasteiger partial charge in [-0.25, -0.2) is 4.39 Å². The first kappa shape index (κ1) is 22.0. The van der Waals surface area contributed by atoms with E-state index in [9.17, 15) is 4.39 Å². The van der Waals surface area contributed by atoms with E-state index in [-0.39, 0.29) is 5.82 Å². The summed E-state index contributed by atoms with van der Waals surface area (Å²) < 4.78 is 20.1. The summed E-state index contributed by atoms with van der Waals surface area (Å²) in [6.45, 7) is 3.11. The normalized spacial score (nSPS) is 13.8. The minimum Gasteiger partial charge on any atom is -0.489 e. The molecule has 0 unspecified atom stereocenters. The van der Waals surface area contributed by atoms with Gasteiger partial charge < -0.3 is 15.0 Å². The van der Waals surface area contributed by atoms with Crippen molar-refractivity contribution < 1.29 is 9.13 Å². The van der Waals surface area contributed by atoms with E-state index in [1.165, 1.54) is 31.4 Å². The van der Waals surface area contributed by atoms with Crippen molar-refractivity contribution in [2.75, 3.05) is 23.3 Å². The molecular weight excluding hydrogens is 479 g/mol. The zero-order valence-electron chi connectivity index (χ0n) is 17.2. The molecule has 0 spiro atoms. The first-order valence-corrected chi connectivity index (χ1v) is 11.7. The van der Waals surface area contributed by atoms with Crippen LogP contribution in [0.3, 0.4) is 0 Å². The Hall–Kier alpha value is -2.24. The van der Waals surface area contributed by atoms with Gasteiger partial charge in [-0.1, -0.05) is 39.7 Å². The smallest absolute Gasteiger partial charge is 0.124 e. The standard InChI is InChI=1S/C25H25BrClFN2O/c26-20-6-11-25(31-17-18-4-7-21(28)8-5-18)19(14-20)16-29-22-9-10-24(23(27)15-22)30-12-2-1-3-13-30/h4-11,14-15,29H,1-3,12-13,16-17H2. The number of benzene rings is 3. The van der Waals surface area contributed by atoms with E-state index in [0.717, 1.165) is 50.8 Å². The van der Waals surface area contributed by atoms with Crippen molar-refractivity contribution >= 4 is 38.9 Å². The van der Waals surface area contributed by atoms with Crippen molar-refractivity contribution in [2.45, 2.75) is 32.4 Å². The molecule has 3 nitrogen and oxygen atoms in total. The van der Waals surface area contributed by atoms with E-state index in [1.54, 1.807) is 12.1 Å². The number of hydrogen-bond acceptors (Lipinski definition) is 3. The average Bonchev–Trinajstić information content (AvgIpc) is 2.79. The van der Waals surface area contributed by atoms with Crippen LogP contribution in [0.1, 0.15) is 30.4 Å². The summed E-state index contributed by atoms with van der Waals surface area (Å²) in [7, 11) is 0. The Balaban J connectivity index is 1.42. The van der Waals surface area contributed by atoms with Gasteiger partial charge in [0.25, 0.3) is 0 Å². The number of nitrogens with zero attached hydrogens (tertiary/aromatic N) is 1. The summed E-state index contributed by atoms with van der Waals surface area (Å²) in [5, 5.41) is 4.22. The maximum atomic E-state index is 13.1. The molecule has 3 aromatic rings. The van der Waals surface area contributed by atoms with E-state index < -0.39 is 0 Å². The fourth-order valence-electron chi connectivity index (χ4n) is 3.77. The zero-order chi connectivity index (χ0) is 21.6. The predicted octanol–water partition coefficient (Wildman–Crippen LogP) is 7.42. The van der Waals surface area contributed by atoms with E-state index in [1.807, 2.05) is 24.3 Å². The molecule has 0 atom stereocenters. The average molecular weight is 504 g/mol. The van der Waals surface area contributed by atoms with Crippen LogP contribution in [0, 0.1) is 5.82 Å². The minimum absolute atomic E-state index is 0.248. The topological polar surface area (TPSA) is 24.5 Å². The van der Waals surface area contributed by atoms with E-state index in [4.69, 9.17) is 16.3 Å². The first-order chi connectivity index (χ1) is 15.1. The molecule has 1 saturated heterocycles. The molecule has 3 aromatic carbocycles.